The average molecular weight is 306 g/mol. The van der Waals surface area contributed by atoms with Crippen molar-refractivity contribution < 1.29 is 14.2 Å². The van der Waals surface area contributed by atoms with E-state index in [2.05, 4.69) is 9.55 Å². The first-order chi connectivity index (χ1) is 10.4. The van der Waals surface area contributed by atoms with E-state index < -0.39 is 0 Å². The Morgan fingerprint density at radius 3 is 3.24 bits per heavy atom. The predicted molar refractivity (Wildman–Crippen MR) is 81.1 cm³/mol. The standard InChI is InChI=1S/C15H18N2O3S/c1-18-13-4-2-3-12(9-13)17-7-6-16-15(17)21-10-14-5-8-19-11-20-14/h2-4,6-7,9,14H,5,8,10-11H2,1H3/t14-/m0/s1. The van der Waals surface area contributed by atoms with Gasteiger partial charge in [-0.2, -0.15) is 0 Å². The minimum absolute atomic E-state index is 0.235. The predicted octanol–water partition coefficient (Wildman–Crippen LogP) is 2.74. The molecule has 0 N–H and O–H groups in total. The number of hydrogen-bond donors (Lipinski definition) is 0. The molecule has 2 aromatic rings. The molecule has 2 heterocycles. The molecule has 5 nitrogen and oxygen atoms in total. The van der Waals surface area contributed by atoms with Crippen LogP contribution >= 0.6 is 11.8 Å². The van der Waals surface area contributed by atoms with Crippen molar-refractivity contribution in [1.82, 2.24) is 9.55 Å². The van der Waals surface area contributed by atoms with E-state index >= 15 is 0 Å². The molecule has 1 aliphatic heterocycles. The number of rotatable bonds is 5. The summed E-state index contributed by atoms with van der Waals surface area (Å²) in [6.07, 6.45) is 4.95. The third-order valence-electron chi connectivity index (χ3n) is 3.31. The summed E-state index contributed by atoms with van der Waals surface area (Å²) in [6.45, 7) is 1.17. The molecule has 0 unspecified atom stereocenters. The van der Waals surface area contributed by atoms with Crippen LogP contribution in [0.25, 0.3) is 5.69 Å². The Hall–Kier alpha value is -1.50. The maximum Gasteiger partial charge on any atom is 0.172 e. The van der Waals surface area contributed by atoms with Gasteiger partial charge in [-0.15, -0.1) is 0 Å². The molecule has 1 fully saturated rings. The SMILES string of the molecule is COc1cccc(-n2ccnc2SC[C@@H]2CCOCO2)c1. The molecule has 1 aliphatic rings. The molecule has 0 spiro atoms. The lowest BCUT2D eigenvalue weighted by Gasteiger charge is -2.22. The van der Waals surface area contributed by atoms with Gasteiger partial charge in [-0.3, -0.25) is 4.57 Å². The molecule has 1 aromatic heterocycles. The van der Waals surface area contributed by atoms with Crippen LogP contribution in [0, 0.1) is 0 Å². The zero-order valence-electron chi connectivity index (χ0n) is 11.9. The summed E-state index contributed by atoms with van der Waals surface area (Å²) < 4.78 is 18.1. The van der Waals surface area contributed by atoms with E-state index in [-0.39, 0.29) is 6.10 Å². The number of aromatic nitrogens is 2. The molecule has 1 aromatic carbocycles. The first kappa shape index (κ1) is 14.4. The van der Waals surface area contributed by atoms with Gasteiger partial charge in [0.05, 0.1) is 25.5 Å². The third-order valence-corrected chi connectivity index (χ3v) is 4.41. The van der Waals surface area contributed by atoms with Crippen LogP contribution in [0.5, 0.6) is 5.75 Å². The van der Waals surface area contributed by atoms with Crippen molar-refractivity contribution in [2.75, 3.05) is 26.3 Å². The molecule has 1 atom stereocenters. The highest BCUT2D eigenvalue weighted by molar-refractivity contribution is 7.99. The normalized spacial score (nSPS) is 18.6. The molecular weight excluding hydrogens is 288 g/mol. The van der Waals surface area contributed by atoms with Gasteiger partial charge < -0.3 is 14.2 Å². The van der Waals surface area contributed by atoms with Gasteiger partial charge in [0.15, 0.2) is 5.16 Å². The molecule has 0 radical (unpaired) electrons. The lowest BCUT2D eigenvalue weighted by Crippen LogP contribution is -2.25. The van der Waals surface area contributed by atoms with Crippen LogP contribution in [0.15, 0.2) is 41.8 Å². The summed E-state index contributed by atoms with van der Waals surface area (Å²) in [4.78, 5) is 4.43. The van der Waals surface area contributed by atoms with Gasteiger partial charge in [0, 0.05) is 24.2 Å². The highest BCUT2D eigenvalue weighted by Crippen LogP contribution is 2.25. The van der Waals surface area contributed by atoms with E-state index in [4.69, 9.17) is 14.2 Å². The molecule has 3 rings (SSSR count). The van der Waals surface area contributed by atoms with Crippen LogP contribution in [0.1, 0.15) is 6.42 Å². The average Bonchev–Trinajstić information content (AvgIpc) is 3.02. The molecule has 112 valence electrons. The largest absolute Gasteiger partial charge is 0.497 e. The Morgan fingerprint density at radius 1 is 1.48 bits per heavy atom. The van der Waals surface area contributed by atoms with Crippen molar-refractivity contribution in [2.45, 2.75) is 17.7 Å². The molecular formula is C15H18N2O3S. The topological polar surface area (TPSA) is 45.5 Å². The van der Waals surface area contributed by atoms with Gasteiger partial charge in [-0.25, -0.2) is 4.98 Å². The van der Waals surface area contributed by atoms with E-state index in [1.807, 2.05) is 36.7 Å². The number of nitrogens with zero attached hydrogens (tertiary/aromatic N) is 2. The van der Waals surface area contributed by atoms with Crippen LogP contribution in [0.3, 0.4) is 0 Å². The van der Waals surface area contributed by atoms with E-state index in [0.29, 0.717) is 6.79 Å². The lowest BCUT2D eigenvalue weighted by molar-refractivity contribution is -0.130. The van der Waals surface area contributed by atoms with E-state index in [1.165, 1.54) is 0 Å². The van der Waals surface area contributed by atoms with Crippen molar-refractivity contribution in [3.63, 3.8) is 0 Å². The fourth-order valence-corrected chi connectivity index (χ4v) is 3.19. The van der Waals surface area contributed by atoms with Crippen LogP contribution in [0.4, 0.5) is 0 Å². The number of hydrogen-bond acceptors (Lipinski definition) is 5. The number of methoxy groups -OCH3 is 1. The second-order valence-electron chi connectivity index (χ2n) is 4.70. The first-order valence-electron chi connectivity index (χ1n) is 6.87. The van der Waals surface area contributed by atoms with Gasteiger partial charge in [0.1, 0.15) is 12.5 Å². The van der Waals surface area contributed by atoms with Gasteiger partial charge in [-0.05, 0) is 18.6 Å². The van der Waals surface area contributed by atoms with Crippen molar-refractivity contribution >= 4 is 11.8 Å². The summed E-state index contributed by atoms with van der Waals surface area (Å²) in [7, 11) is 1.67. The maximum atomic E-state index is 5.56. The number of ether oxygens (including phenoxy) is 3. The molecule has 0 saturated carbocycles. The molecule has 0 amide bonds. The van der Waals surface area contributed by atoms with Gasteiger partial charge >= 0.3 is 0 Å². The lowest BCUT2D eigenvalue weighted by atomic mass is 10.3. The van der Waals surface area contributed by atoms with Gasteiger partial charge in [-0.1, -0.05) is 17.8 Å². The quantitative estimate of drug-likeness (QED) is 0.795. The first-order valence-corrected chi connectivity index (χ1v) is 7.85. The van der Waals surface area contributed by atoms with Crippen molar-refractivity contribution in [3.8, 4) is 11.4 Å². The molecule has 21 heavy (non-hydrogen) atoms. The Bertz CT molecular complexity index is 582. The number of benzene rings is 1. The zero-order valence-corrected chi connectivity index (χ0v) is 12.7. The monoisotopic (exact) mass is 306 g/mol. The Balaban J connectivity index is 1.70. The Kier molecular flexibility index (Phi) is 4.80. The third kappa shape index (κ3) is 3.58. The fraction of sp³-hybridized carbons (Fsp3) is 0.400. The Labute approximate surface area is 128 Å². The molecule has 0 bridgehead atoms. The van der Waals surface area contributed by atoms with Gasteiger partial charge in [0.25, 0.3) is 0 Å². The highest BCUT2D eigenvalue weighted by Gasteiger charge is 2.16. The van der Waals surface area contributed by atoms with Crippen molar-refractivity contribution in [3.05, 3.63) is 36.7 Å². The molecule has 6 heteroatoms. The summed E-state index contributed by atoms with van der Waals surface area (Å²) in [5.41, 5.74) is 1.04. The highest BCUT2D eigenvalue weighted by atomic mass is 32.2. The molecule has 1 saturated heterocycles. The van der Waals surface area contributed by atoms with Crippen molar-refractivity contribution in [2.24, 2.45) is 0 Å². The number of thioether (sulfide) groups is 1. The van der Waals surface area contributed by atoms with Crippen LogP contribution < -0.4 is 4.74 Å². The summed E-state index contributed by atoms with van der Waals surface area (Å²) in [5.74, 6) is 1.72. The van der Waals surface area contributed by atoms with E-state index in [9.17, 15) is 0 Å². The van der Waals surface area contributed by atoms with Crippen molar-refractivity contribution in [1.29, 1.82) is 0 Å². The second kappa shape index (κ2) is 6.98. The summed E-state index contributed by atoms with van der Waals surface area (Å²) >= 11 is 1.70. The minimum atomic E-state index is 0.235. The maximum absolute atomic E-state index is 5.56. The molecule has 0 aliphatic carbocycles. The smallest absolute Gasteiger partial charge is 0.172 e. The number of imidazole rings is 1. The van der Waals surface area contributed by atoms with Crippen LogP contribution in [-0.4, -0.2) is 41.9 Å². The van der Waals surface area contributed by atoms with Gasteiger partial charge in [0.2, 0.25) is 0 Å². The van der Waals surface area contributed by atoms with E-state index in [1.54, 1.807) is 18.9 Å². The second-order valence-corrected chi connectivity index (χ2v) is 5.68. The zero-order chi connectivity index (χ0) is 14.5. The van der Waals surface area contributed by atoms with Crippen LogP contribution in [0.2, 0.25) is 0 Å². The Morgan fingerprint density at radius 2 is 2.43 bits per heavy atom. The summed E-state index contributed by atoms with van der Waals surface area (Å²) in [6, 6.07) is 7.95. The summed E-state index contributed by atoms with van der Waals surface area (Å²) in [5, 5.41) is 0.957. The fourth-order valence-electron chi connectivity index (χ4n) is 2.15. The van der Waals surface area contributed by atoms with E-state index in [0.717, 1.165) is 35.4 Å². The minimum Gasteiger partial charge on any atom is -0.497 e. The van der Waals surface area contributed by atoms with Crippen LogP contribution in [-0.2, 0) is 9.47 Å².